The quantitative estimate of drug-likeness (QED) is 0.764. The van der Waals surface area contributed by atoms with E-state index in [-0.39, 0.29) is 31.1 Å². The Morgan fingerprint density at radius 3 is 2.07 bits per heavy atom. The fourth-order valence-corrected chi connectivity index (χ4v) is 4.48. The van der Waals surface area contributed by atoms with Crippen LogP contribution in [0.3, 0.4) is 0 Å². The maximum absolute atomic E-state index is 12.7. The number of carbonyl (C=O) groups is 1. The molecule has 1 aliphatic heterocycles. The molecule has 162 valence electrons. The van der Waals surface area contributed by atoms with Crippen LogP contribution < -0.4 is 4.74 Å². The molecule has 1 heterocycles. The van der Waals surface area contributed by atoms with E-state index < -0.39 is 34.1 Å². The molecule has 1 amide bonds. The molecule has 3 rings (SSSR count). The van der Waals surface area contributed by atoms with Crippen molar-refractivity contribution in [3.63, 3.8) is 0 Å². The van der Waals surface area contributed by atoms with Gasteiger partial charge in [0.15, 0.2) is 6.10 Å². The molecular weight excluding hydrogens is 425 g/mol. The van der Waals surface area contributed by atoms with E-state index in [9.17, 15) is 31.5 Å². The number of hydrogen-bond donors (Lipinski definition) is 1. The molecule has 1 fully saturated rings. The molecular formula is C19H19F3N2O5S. The molecule has 1 saturated heterocycles. The van der Waals surface area contributed by atoms with Gasteiger partial charge >= 0.3 is 6.36 Å². The number of sulfonamides is 1. The Bertz CT molecular complexity index is 973. The van der Waals surface area contributed by atoms with Gasteiger partial charge in [-0.25, -0.2) is 8.42 Å². The lowest BCUT2D eigenvalue weighted by atomic mass is 10.1. The summed E-state index contributed by atoms with van der Waals surface area (Å²) >= 11 is 0. The van der Waals surface area contributed by atoms with Crippen molar-refractivity contribution in [1.82, 2.24) is 9.21 Å². The Balaban J connectivity index is 1.63. The fraction of sp³-hybridized carbons (Fsp3) is 0.316. The van der Waals surface area contributed by atoms with Gasteiger partial charge in [-0.05, 0) is 29.8 Å². The van der Waals surface area contributed by atoms with Crippen molar-refractivity contribution in [2.45, 2.75) is 17.4 Å². The van der Waals surface area contributed by atoms with E-state index in [4.69, 9.17) is 0 Å². The number of amides is 1. The zero-order valence-corrected chi connectivity index (χ0v) is 16.4. The van der Waals surface area contributed by atoms with Crippen LogP contribution >= 0.6 is 0 Å². The van der Waals surface area contributed by atoms with Crippen molar-refractivity contribution >= 4 is 15.9 Å². The number of aliphatic hydroxyl groups is 1. The molecule has 7 nitrogen and oxygen atoms in total. The van der Waals surface area contributed by atoms with Crippen molar-refractivity contribution in [3.05, 3.63) is 60.2 Å². The molecule has 1 unspecified atom stereocenters. The molecule has 1 aliphatic rings. The van der Waals surface area contributed by atoms with Crippen LogP contribution in [0.5, 0.6) is 5.75 Å². The van der Waals surface area contributed by atoms with Crippen LogP contribution in [0.25, 0.3) is 0 Å². The largest absolute Gasteiger partial charge is 0.573 e. The summed E-state index contributed by atoms with van der Waals surface area (Å²) < 4.78 is 67.0. The predicted molar refractivity (Wildman–Crippen MR) is 99.9 cm³/mol. The highest BCUT2D eigenvalue weighted by atomic mass is 32.2. The van der Waals surface area contributed by atoms with Gasteiger partial charge in [0.25, 0.3) is 5.91 Å². The summed E-state index contributed by atoms with van der Waals surface area (Å²) in [7, 11) is -3.95. The molecule has 0 bridgehead atoms. The lowest BCUT2D eigenvalue weighted by Gasteiger charge is -2.35. The number of alkyl halides is 3. The van der Waals surface area contributed by atoms with Gasteiger partial charge in [-0.15, -0.1) is 13.2 Å². The molecule has 2 aromatic rings. The molecule has 0 spiro atoms. The van der Waals surface area contributed by atoms with Crippen molar-refractivity contribution in [1.29, 1.82) is 0 Å². The summed E-state index contributed by atoms with van der Waals surface area (Å²) in [6.07, 6.45) is -6.20. The van der Waals surface area contributed by atoms with Gasteiger partial charge in [-0.3, -0.25) is 4.79 Å². The molecule has 0 radical (unpaired) electrons. The Labute approximate surface area is 171 Å². The highest BCUT2D eigenvalue weighted by molar-refractivity contribution is 7.89. The Morgan fingerprint density at radius 2 is 1.53 bits per heavy atom. The molecule has 0 aromatic heterocycles. The second-order valence-corrected chi connectivity index (χ2v) is 8.50. The number of carbonyl (C=O) groups excluding carboxylic acids is 1. The molecule has 30 heavy (non-hydrogen) atoms. The number of benzene rings is 2. The maximum Gasteiger partial charge on any atom is 0.573 e. The lowest BCUT2D eigenvalue weighted by molar-refractivity contribution is -0.274. The van der Waals surface area contributed by atoms with E-state index in [1.54, 1.807) is 30.3 Å². The molecule has 1 atom stereocenters. The van der Waals surface area contributed by atoms with E-state index >= 15 is 0 Å². The van der Waals surface area contributed by atoms with Crippen molar-refractivity contribution < 1.29 is 36.2 Å². The molecule has 0 saturated carbocycles. The zero-order chi connectivity index (χ0) is 21.9. The summed E-state index contributed by atoms with van der Waals surface area (Å²) in [5.41, 5.74) is 0.443. The molecule has 0 aliphatic carbocycles. The van der Waals surface area contributed by atoms with Crippen LogP contribution in [0.2, 0.25) is 0 Å². The SMILES string of the molecule is O=C(C(O)c1ccccc1)N1CCN(S(=O)(=O)c2ccc(OC(F)(F)F)cc2)CC1. The van der Waals surface area contributed by atoms with Crippen LogP contribution in [0.15, 0.2) is 59.5 Å². The van der Waals surface area contributed by atoms with Gasteiger partial charge in [-0.1, -0.05) is 30.3 Å². The number of halogens is 3. The molecule has 11 heteroatoms. The first-order valence-corrected chi connectivity index (χ1v) is 10.4. The number of aliphatic hydroxyl groups excluding tert-OH is 1. The third-order valence-electron chi connectivity index (χ3n) is 4.59. The minimum atomic E-state index is -4.87. The van der Waals surface area contributed by atoms with Gasteiger partial charge in [0.2, 0.25) is 10.0 Å². The van der Waals surface area contributed by atoms with Crippen LogP contribution in [0, 0.1) is 0 Å². The van der Waals surface area contributed by atoms with Gasteiger partial charge in [0, 0.05) is 26.2 Å². The number of rotatable bonds is 5. The highest BCUT2D eigenvalue weighted by Crippen LogP contribution is 2.26. The number of nitrogens with zero attached hydrogens (tertiary/aromatic N) is 2. The van der Waals surface area contributed by atoms with E-state index in [2.05, 4.69) is 4.74 Å². The van der Waals surface area contributed by atoms with Crippen LogP contribution in [-0.4, -0.2) is 61.2 Å². The van der Waals surface area contributed by atoms with Gasteiger partial charge in [0.05, 0.1) is 4.90 Å². The standard InChI is InChI=1S/C19H19F3N2O5S/c20-19(21,22)29-15-6-8-16(9-7-15)30(27,28)24-12-10-23(11-13-24)18(26)17(25)14-4-2-1-3-5-14/h1-9,17,25H,10-13H2. The highest BCUT2D eigenvalue weighted by Gasteiger charge is 2.33. The smallest absolute Gasteiger partial charge is 0.406 e. The monoisotopic (exact) mass is 444 g/mol. The van der Waals surface area contributed by atoms with Crippen LogP contribution in [0.1, 0.15) is 11.7 Å². The average molecular weight is 444 g/mol. The van der Waals surface area contributed by atoms with Crippen LogP contribution in [0.4, 0.5) is 13.2 Å². The minimum Gasteiger partial charge on any atom is -0.406 e. The molecule has 1 N–H and O–H groups in total. The van der Waals surface area contributed by atoms with Crippen LogP contribution in [-0.2, 0) is 14.8 Å². The van der Waals surface area contributed by atoms with E-state index in [1.807, 2.05) is 0 Å². The first-order valence-electron chi connectivity index (χ1n) is 8.96. The third kappa shape index (κ3) is 5.10. The summed E-state index contributed by atoms with van der Waals surface area (Å²) in [4.78, 5) is 13.7. The minimum absolute atomic E-state index is 0.00359. The topological polar surface area (TPSA) is 87.2 Å². The summed E-state index contributed by atoms with van der Waals surface area (Å²) in [6, 6.07) is 12.3. The second kappa shape index (κ2) is 8.62. The normalized spacial score (nSPS) is 16.9. The fourth-order valence-electron chi connectivity index (χ4n) is 3.06. The van der Waals surface area contributed by atoms with Crippen molar-refractivity contribution in [2.75, 3.05) is 26.2 Å². The van der Waals surface area contributed by atoms with Gasteiger partial charge < -0.3 is 14.7 Å². The Morgan fingerprint density at radius 1 is 0.967 bits per heavy atom. The molecule has 2 aromatic carbocycles. The second-order valence-electron chi connectivity index (χ2n) is 6.56. The first kappa shape index (κ1) is 22.1. The summed E-state index contributed by atoms with van der Waals surface area (Å²) in [5.74, 6) is -1.04. The zero-order valence-electron chi connectivity index (χ0n) is 15.6. The lowest BCUT2D eigenvalue weighted by Crippen LogP contribution is -2.51. The Hall–Kier alpha value is -2.63. The van der Waals surface area contributed by atoms with E-state index in [0.717, 1.165) is 28.6 Å². The number of piperazine rings is 1. The summed E-state index contributed by atoms with van der Waals surface area (Å²) in [6.45, 7) is 0.154. The van der Waals surface area contributed by atoms with Gasteiger partial charge in [-0.2, -0.15) is 4.31 Å². The maximum atomic E-state index is 12.7. The first-order chi connectivity index (χ1) is 14.1. The predicted octanol–water partition coefficient (Wildman–Crippen LogP) is 2.15. The van der Waals surface area contributed by atoms with E-state index in [1.165, 1.54) is 4.90 Å². The summed E-state index contributed by atoms with van der Waals surface area (Å²) in [5, 5.41) is 10.2. The third-order valence-corrected chi connectivity index (χ3v) is 6.51. The number of ether oxygens (including phenoxy) is 1. The van der Waals surface area contributed by atoms with Gasteiger partial charge in [0.1, 0.15) is 5.75 Å². The van der Waals surface area contributed by atoms with Crippen molar-refractivity contribution in [3.8, 4) is 5.75 Å². The average Bonchev–Trinajstić information content (AvgIpc) is 2.72. The van der Waals surface area contributed by atoms with E-state index in [0.29, 0.717) is 5.56 Å². The Kier molecular flexibility index (Phi) is 6.34. The number of hydrogen-bond acceptors (Lipinski definition) is 5. The van der Waals surface area contributed by atoms with Crippen molar-refractivity contribution in [2.24, 2.45) is 0 Å².